The van der Waals surface area contributed by atoms with Gasteiger partial charge in [0.1, 0.15) is 11.5 Å². The molecule has 1 aromatic rings. The quantitative estimate of drug-likeness (QED) is 0.806. The summed E-state index contributed by atoms with van der Waals surface area (Å²) in [5.74, 6) is 3.06. The molecule has 0 aliphatic heterocycles. The van der Waals surface area contributed by atoms with Crippen LogP contribution in [0.3, 0.4) is 0 Å². The maximum absolute atomic E-state index is 11.8. The summed E-state index contributed by atoms with van der Waals surface area (Å²) in [4.78, 5) is 11.8. The first kappa shape index (κ1) is 13.1. The molecule has 1 aliphatic carbocycles. The average molecular weight is 250 g/mol. The van der Waals surface area contributed by atoms with Crippen LogP contribution in [0, 0.1) is 11.8 Å². The molecule has 0 spiro atoms. The second-order valence-electron chi connectivity index (χ2n) is 5.15. The molecule has 2 rings (SSSR count). The average Bonchev–Trinajstić information content (AvgIpc) is 2.91. The lowest BCUT2D eigenvalue weighted by Crippen LogP contribution is -2.36. The van der Waals surface area contributed by atoms with Crippen LogP contribution in [0.25, 0.3) is 0 Å². The minimum absolute atomic E-state index is 0.0118. The number of carbonyl (C=O) groups is 1. The molecule has 1 saturated carbocycles. The zero-order chi connectivity index (χ0) is 13.1. The summed E-state index contributed by atoms with van der Waals surface area (Å²) in [5.41, 5.74) is 5.65. The number of hydrogen-bond acceptors (Lipinski definition) is 3. The standard InChI is InChI=1S/C14H22N2O2/c1-3-16-14(17)10(8-15)7-11-4-5-13(18-11)12-6-9(12)2/h4-5,9-10,12H,3,6-8,15H2,1-2H3,(H,16,17). The van der Waals surface area contributed by atoms with Crippen molar-refractivity contribution in [2.75, 3.05) is 13.1 Å². The number of furan rings is 1. The number of amides is 1. The van der Waals surface area contributed by atoms with Crippen LogP contribution < -0.4 is 11.1 Å². The molecule has 0 bridgehead atoms. The number of nitrogens with two attached hydrogens (primary N) is 1. The van der Waals surface area contributed by atoms with Crippen LogP contribution in [0.1, 0.15) is 37.7 Å². The zero-order valence-electron chi connectivity index (χ0n) is 11.1. The van der Waals surface area contributed by atoms with E-state index in [1.165, 1.54) is 6.42 Å². The van der Waals surface area contributed by atoms with Crippen molar-refractivity contribution < 1.29 is 9.21 Å². The van der Waals surface area contributed by atoms with Crippen molar-refractivity contribution in [3.63, 3.8) is 0 Å². The number of nitrogens with one attached hydrogen (secondary N) is 1. The van der Waals surface area contributed by atoms with Gasteiger partial charge in [-0.25, -0.2) is 0 Å². The zero-order valence-corrected chi connectivity index (χ0v) is 11.1. The Bertz CT molecular complexity index is 414. The molecule has 1 heterocycles. The third-order valence-corrected chi connectivity index (χ3v) is 3.61. The Balaban J connectivity index is 1.94. The molecule has 0 aromatic carbocycles. The van der Waals surface area contributed by atoms with E-state index in [9.17, 15) is 4.79 Å². The summed E-state index contributed by atoms with van der Waals surface area (Å²) in [5, 5.41) is 2.81. The normalized spacial score (nSPS) is 23.7. The lowest BCUT2D eigenvalue weighted by atomic mass is 10.0. The van der Waals surface area contributed by atoms with E-state index in [2.05, 4.69) is 12.2 Å². The van der Waals surface area contributed by atoms with Crippen LogP contribution in [0.5, 0.6) is 0 Å². The molecule has 4 nitrogen and oxygen atoms in total. The summed E-state index contributed by atoms with van der Waals surface area (Å²) in [6.07, 6.45) is 1.80. The Morgan fingerprint density at radius 1 is 1.61 bits per heavy atom. The van der Waals surface area contributed by atoms with Crippen molar-refractivity contribution in [2.45, 2.75) is 32.6 Å². The third-order valence-electron chi connectivity index (χ3n) is 3.61. The van der Waals surface area contributed by atoms with Crippen LogP contribution in [-0.2, 0) is 11.2 Å². The van der Waals surface area contributed by atoms with E-state index in [1.807, 2.05) is 19.1 Å². The Labute approximate surface area is 108 Å². The van der Waals surface area contributed by atoms with Crippen molar-refractivity contribution in [2.24, 2.45) is 17.6 Å². The van der Waals surface area contributed by atoms with Crippen molar-refractivity contribution >= 4 is 5.91 Å². The molecular formula is C14H22N2O2. The highest BCUT2D eigenvalue weighted by Gasteiger charge is 2.36. The summed E-state index contributed by atoms with van der Waals surface area (Å²) in [6, 6.07) is 4.01. The van der Waals surface area contributed by atoms with Crippen molar-refractivity contribution in [1.29, 1.82) is 0 Å². The fourth-order valence-electron chi connectivity index (χ4n) is 2.27. The first-order chi connectivity index (χ1) is 8.65. The van der Waals surface area contributed by atoms with E-state index in [0.717, 1.165) is 17.4 Å². The van der Waals surface area contributed by atoms with Crippen LogP contribution >= 0.6 is 0 Å². The van der Waals surface area contributed by atoms with Crippen LogP contribution in [0.15, 0.2) is 16.5 Å². The minimum atomic E-state index is -0.194. The fraction of sp³-hybridized carbons (Fsp3) is 0.643. The van der Waals surface area contributed by atoms with E-state index in [1.54, 1.807) is 0 Å². The molecule has 18 heavy (non-hydrogen) atoms. The van der Waals surface area contributed by atoms with Gasteiger partial charge >= 0.3 is 0 Å². The van der Waals surface area contributed by atoms with Crippen molar-refractivity contribution in [3.8, 4) is 0 Å². The van der Waals surface area contributed by atoms with Gasteiger partial charge < -0.3 is 15.5 Å². The highest BCUT2D eigenvalue weighted by atomic mass is 16.3. The summed E-state index contributed by atoms with van der Waals surface area (Å²) >= 11 is 0. The Hall–Kier alpha value is -1.29. The highest BCUT2D eigenvalue weighted by molar-refractivity contribution is 5.79. The number of rotatable bonds is 6. The Morgan fingerprint density at radius 3 is 2.89 bits per heavy atom. The molecule has 4 heteroatoms. The molecule has 0 radical (unpaired) electrons. The number of hydrogen-bond donors (Lipinski definition) is 2. The first-order valence-corrected chi connectivity index (χ1v) is 6.72. The van der Waals surface area contributed by atoms with Gasteiger partial charge in [-0.2, -0.15) is 0 Å². The molecule has 1 aliphatic rings. The number of carbonyl (C=O) groups excluding carboxylic acids is 1. The van der Waals surface area contributed by atoms with E-state index < -0.39 is 0 Å². The Kier molecular flexibility index (Phi) is 4.07. The molecule has 1 amide bonds. The van der Waals surface area contributed by atoms with E-state index in [0.29, 0.717) is 25.4 Å². The second-order valence-corrected chi connectivity index (χ2v) is 5.15. The van der Waals surface area contributed by atoms with Gasteiger partial charge in [0.25, 0.3) is 0 Å². The summed E-state index contributed by atoms with van der Waals surface area (Å²) < 4.78 is 5.80. The lowest BCUT2D eigenvalue weighted by molar-refractivity contribution is -0.124. The van der Waals surface area contributed by atoms with E-state index in [-0.39, 0.29) is 11.8 Å². The Morgan fingerprint density at radius 2 is 2.33 bits per heavy atom. The topological polar surface area (TPSA) is 68.3 Å². The smallest absolute Gasteiger partial charge is 0.224 e. The molecule has 100 valence electrons. The van der Waals surface area contributed by atoms with Crippen LogP contribution in [-0.4, -0.2) is 19.0 Å². The molecule has 1 aromatic heterocycles. The maximum Gasteiger partial charge on any atom is 0.224 e. The molecule has 3 atom stereocenters. The van der Waals surface area contributed by atoms with Crippen LogP contribution in [0.4, 0.5) is 0 Å². The molecule has 3 unspecified atom stereocenters. The minimum Gasteiger partial charge on any atom is -0.466 e. The van der Waals surface area contributed by atoms with Gasteiger partial charge in [0, 0.05) is 25.4 Å². The SMILES string of the molecule is CCNC(=O)C(CN)Cc1ccc(C2CC2C)o1. The van der Waals surface area contributed by atoms with Gasteiger partial charge in [0.15, 0.2) is 0 Å². The predicted molar refractivity (Wildman–Crippen MR) is 70.2 cm³/mol. The van der Waals surface area contributed by atoms with Crippen molar-refractivity contribution in [3.05, 3.63) is 23.7 Å². The van der Waals surface area contributed by atoms with Crippen LogP contribution in [0.2, 0.25) is 0 Å². The van der Waals surface area contributed by atoms with Gasteiger partial charge in [-0.1, -0.05) is 6.92 Å². The monoisotopic (exact) mass is 250 g/mol. The molecule has 0 saturated heterocycles. The van der Waals surface area contributed by atoms with Gasteiger partial charge in [0.2, 0.25) is 5.91 Å². The van der Waals surface area contributed by atoms with Crippen molar-refractivity contribution in [1.82, 2.24) is 5.32 Å². The fourth-order valence-corrected chi connectivity index (χ4v) is 2.27. The van der Waals surface area contributed by atoms with Gasteiger partial charge in [-0.15, -0.1) is 0 Å². The van der Waals surface area contributed by atoms with E-state index >= 15 is 0 Å². The van der Waals surface area contributed by atoms with Gasteiger partial charge in [-0.05, 0) is 31.4 Å². The lowest BCUT2D eigenvalue weighted by Gasteiger charge is -2.12. The molecule has 3 N–H and O–H groups in total. The first-order valence-electron chi connectivity index (χ1n) is 6.72. The summed E-state index contributed by atoms with van der Waals surface area (Å²) in [6.45, 7) is 5.12. The third kappa shape index (κ3) is 2.93. The van der Waals surface area contributed by atoms with E-state index in [4.69, 9.17) is 10.2 Å². The second kappa shape index (κ2) is 5.57. The maximum atomic E-state index is 11.8. The highest BCUT2D eigenvalue weighted by Crippen LogP contribution is 2.47. The summed E-state index contributed by atoms with van der Waals surface area (Å²) in [7, 11) is 0. The molecule has 1 fully saturated rings. The molecular weight excluding hydrogens is 228 g/mol. The predicted octanol–water partition coefficient (Wildman–Crippen LogP) is 1.66. The largest absolute Gasteiger partial charge is 0.466 e. The van der Waals surface area contributed by atoms with Gasteiger partial charge in [0.05, 0.1) is 5.92 Å². The van der Waals surface area contributed by atoms with Gasteiger partial charge in [-0.3, -0.25) is 4.79 Å².